The number of hydrogen-bond acceptors (Lipinski definition) is 1. The van der Waals surface area contributed by atoms with Crippen molar-refractivity contribution in [3.63, 3.8) is 0 Å². The molecule has 1 rings (SSSR count). The predicted molar refractivity (Wildman–Crippen MR) is 84.3 cm³/mol. The predicted octanol–water partition coefficient (Wildman–Crippen LogP) is 4.52. The molecule has 1 atom stereocenters. The summed E-state index contributed by atoms with van der Waals surface area (Å²) < 4.78 is 11.5. The van der Waals surface area contributed by atoms with Gasteiger partial charge in [-0.3, -0.25) is 4.57 Å². The first kappa shape index (κ1) is 17.4. The second kappa shape index (κ2) is 5.29. The van der Waals surface area contributed by atoms with Crippen LogP contribution in [0.4, 0.5) is 0 Å². The van der Waals surface area contributed by atoms with E-state index in [9.17, 15) is 14.4 Å². The Bertz CT molecular complexity index is 497. The van der Waals surface area contributed by atoms with Crippen LogP contribution in [-0.4, -0.2) is 9.79 Å². The van der Waals surface area contributed by atoms with Crippen LogP contribution in [0.1, 0.15) is 70.8 Å². The smallest absolute Gasteiger partial charge is 0.324 e. The van der Waals surface area contributed by atoms with Gasteiger partial charge in [0, 0.05) is 0 Å². The highest BCUT2D eigenvalue weighted by Crippen LogP contribution is 2.52. The topological polar surface area (TPSA) is 57.5 Å². The quantitative estimate of drug-likeness (QED) is 0.789. The van der Waals surface area contributed by atoms with Crippen molar-refractivity contribution >= 4 is 7.60 Å². The summed E-state index contributed by atoms with van der Waals surface area (Å²) in [5.74, 6) is 0. The van der Waals surface area contributed by atoms with Crippen LogP contribution in [-0.2, 0) is 15.4 Å². The summed E-state index contributed by atoms with van der Waals surface area (Å²) in [5, 5.41) is 0. The summed E-state index contributed by atoms with van der Waals surface area (Å²) in [6.07, 6.45) is 0. The molecule has 4 heteroatoms. The van der Waals surface area contributed by atoms with E-state index in [0.717, 1.165) is 16.7 Å². The van der Waals surface area contributed by atoms with Crippen LogP contribution in [0.25, 0.3) is 0 Å². The molecule has 0 aliphatic rings. The molecule has 1 aromatic carbocycles. The summed E-state index contributed by atoms with van der Waals surface area (Å²) >= 11 is 0. The molecule has 0 heterocycles. The highest BCUT2D eigenvalue weighted by atomic mass is 31.2. The maximum absolute atomic E-state index is 11.5. The van der Waals surface area contributed by atoms with Gasteiger partial charge in [0.2, 0.25) is 0 Å². The molecule has 0 bridgehead atoms. The van der Waals surface area contributed by atoms with E-state index in [0.29, 0.717) is 0 Å². The van der Waals surface area contributed by atoms with E-state index < -0.39 is 13.3 Å². The number of benzene rings is 1. The minimum absolute atomic E-state index is 0.0510. The van der Waals surface area contributed by atoms with Crippen molar-refractivity contribution in [3.05, 3.63) is 34.9 Å². The van der Waals surface area contributed by atoms with Crippen molar-refractivity contribution in [2.75, 3.05) is 0 Å². The zero-order chi connectivity index (χ0) is 15.9. The molecule has 114 valence electrons. The van der Waals surface area contributed by atoms with Crippen LogP contribution in [0.2, 0.25) is 0 Å². The maximum atomic E-state index is 11.5. The van der Waals surface area contributed by atoms with Crippen LogP contribution in [0.5, 0.6) is 0 Å². The standard InChI is InChI=1S/C16H27O3P/c1-11(20(17,18)19)12-8-13(15(2,3)4)10-14(9-12)16(5,6)7/h8-11H,1-7H3,(H2,17,18,19)/t11-/m1/s1. The molecular weight excluding hydrogens is 271 g/mol. The molecule has 0 spiro atoms. The van der Waals surface area contributed by atoms with Gasteiger partial charge in [-0.2, -0.15) is 0 Å². The molecule has 0 unspecified atom stereocenters. The van der Waals surface area contributed by atoms with Crippen molar-refractivity contribution in [2.45, 2.75) is 65.0 Å². The molecule has 3 nitrogen and oxygen atoms in total. The Balaban J connectivity index is 3.51. The lowest BCUT2D eigenvalue weighted by atomic mass is 9.79. The third-order valence-corrected chi connectivity index (χ3v) is 4.98. The van der Waals surface area contributed by atoms with Crippen molar-refractivity contribution in [3.8, 4) is 0 Å². The minimum atomic E-state index is -4.12. The van der Waals surface area contributed by atoms with Crippen LogP contribution in [0.15, 0.2) is 18.2 Å². The van der Waals surface area contributed by atoms with Gasteiger partial charge in [-0.1, -0.05) is 59.7 Å². The third-order valence-electron chi connectivity index (χ3n) is 3.67. The molecule has 0 amide bonds. The van der Waals surface area contributed by atoms with Crippen molar-refractivity contribution in [1.29, 1.82) is 0 Å². The van der Waals surface area contributed by atoms with Crippen LogP contribution >= 0.6 is 7.60 Å². The largest absolute Gasteiger partial charge is 0.332 e. The van der Waals surface area contributed by atoms with E-state index in [2.05, 4.69) is 47.6 Å². The third kappa shape index (κ3) is 4.18. The summed E-state index contributed by atoms with van der Waals surface area (Å²) in [6.45, 7) is 14.3. The Morgan fingerprint density at radius 3 is 1.50 bits per heavy atom. The Hall–Kier alpha value is -0.630. The lowest BCUT2D eigenvalue weighted by molar-refractivity contribution is 0.361. The monoisotopic (exact) mass is 298 g/mol. The average molecular weight is 298 g/mol. The van der Waals surface area contributed by atoms with Crippen molar-refractivity contribution < 1.29 is 14.4 Å². The fraction of sp³-hybridized carbons (Fsp3) is 0.625. The van der Waals surface area contributed by atoms with Crippen molar-refractivity contribution in [1.82, 2.24) is 0 Å². The fourth-order valence-corrected chi connectivity index (χ4v) is 2.49. The van der Waals surface area contributed by atoms with Crippen LogP contribution in [0, 0.1) is 0 Å². The van der Waals surface area contributed by atoms with Gasteiger partial charge in [0.1, 0.15) is 0 Å². The van der Waals surface area contributed by atoms with Crippen LogP contribution < -0.4 is 0 Å². The molecule has 0 radical (unpaired) electrons. The van der Waals surface area contributed by atoms with E-state index in [1.54, 1.807) is 6.92 Å². The van der Waals surface area contributed by atoms with Crippen molar-refractivity contribution in [2.24, 2.45) is 0 Å². The first-order chi connectivity index (χ1) is 8.73. The average Bonchev–Trinajstić information content (AvgIpc) is 2.23. The minimum Gasteiger partial charge on any atom is -0.324 e. The molecule has 0 saturated carbocycles. The molecule has 0 aliphatic heterocycles. The molecule has 1 aromatic rings. The van der Waals surface area contributed by atoms with Crippen LogP contribution in [0.3, 0.4) is 0 Å². The molecule has 0 fully saturated rings. The molecular formula is C16H27O3P. The second-order valence-electron chi connectivity index (χ2n) is 7.61. The van der Waals surface area contributed by atoms with Gasteiger partial charge < -0.3 is 9.79 Å². The Morgan fingerprint density at radius 1 is 0.900 bits per heavy atom. The van der Waals surface area contributed by atoms with Gasteiger partial charge in [-0.25, -0.2) is 0 Å². The maximum Gasteiger partial charge on any atom is 0.332 e. The van der Waals surface area contributed by atoms with Gasteiger partial charge in [0.05, 0.1) is 5.66 Å². The van der Waals surface area contributed by atoms with Gasteiger partial charge >= 0.3 is 7.60 Å². The van der Waals surface area contributed by atoms with E-state index in [4.69, 9.17) is 0 Å². The summed E-state index contributed by atoms with van der Waals surface area (Å²) in [6, 6.07) is 6.01. The summed E-state index contributed by atoms with van der Waals surface area (Å²) in [4.78, 5) is 18.9. The lowest BCUT2D eigenvalue weighted by Gasteiger charge is -2.27. The zero-order valence-electron chi connectivity index (χ0n) is 13.6. The van der Waals surface area contributed by atoms with Gasteiger partial charge in [-0.15, -0.1) is 0 Å². The first-order valence-corrected chi connectivity index (χ1v) is 8.62. The van der Waals surface area contributed by atoms with Gasteiger partial charge in [0.15, 0.2) is 0 Å². The summed E-state index contributed by atoms with van der Waals surface area (Å²) in [5.41, 5.74) is 2.07. The van der Waals surface area contributed by atoms with E-state index in [-0.39, 0.29) is 10.8 Å². The lowest BCUT2D eigenvalue weighted by Crippen LogP contribution is -2.17. The van der Waals surface area contributed by atoms with E-state index in [1.165, 1.54) is 0 Å². The highest BCUT2D eigenvalue weighted by Gasteiger charge is 2.28. The number of rotatable bonds is 2. The second-order valence-corrected chi connectivity index (χ2v) is 9.56. The SMILES string of the molecule is C[C@H](c1cc(C(C)(C)C)cc(C(C)(C)C)c1)P(=O)(O)O. The molecule has 2 N–H and O–H groups in total. The molecule has 0 saturated heterocycles. The Kier molecular flexibility index (Phi) is 4.61. The zero-order valence-corrected chi connectivity index (χ0v) is 14.5. The molecule has 0 aromatic heterocycles. The van der Waals surface area contributed by atoms with Gasteiger partial charge in [0.25, 0.3) is 0 Å². The normalized spacial score (nSPS) is 15.2. The Labute approximate surface area is 122 Å². The first-order valence-electron chi connectivity index (χ1n) is 6.94. The molecule has 20 heavy (non-hydrogen) atoms. The van der Waals surface area contributed by atoms with E-state index in [1.807, 2.05) is 12.1 Å². The number of hydrogen-bond donors (Lipinski definition) is 2. The van der Waals surface area contributed by atoms with Gasteiger partial charge in [-0.05, 0) is 34.4 Å². The Morgan fingerprint density at radius 2 is 1.25 bits per heavy atom. The molecule has 0 aliphatic carbocycles. The van der Waals surface area contributed by atoms with E-state index >= 15 is 0 Å². The highest BCUT2D eigenvalue weighted by molar-refractivity contribution is 7.52. The fourth-order valence-electron chi connectivity index (χ4n) is 1.95. The summed E-state index contributed by atoms with van der Waals surface area (Å²) in [7, 11) is -4.12.